The van der Waals surface area contributed by atoms with E-state index >= 15 is 0 Å². The van der Waals surface area contributed by atoms with E-state index < -0.39 is 17.6 Å². The van der Waals surface area contributed by atoms with Crippen molar-refractivity contribution in [3.8, 4) is 5.75 Å². The van der Waals surface area contributed by atoms with Gasteiger partial charge in [-0.1, -0.05) is 0 Å². The molecule has 8 heteroatoms. The number of ether oxygens (including phenoxy) is 1. The number of aromatic nitrogens is 2. The number of nitrogens with one attached hydrogen (secondary N) is 2. The van der Waals surface area contributed by atoms with E-state index in [9.17, 15) is 18.0 Å². The molecule has 0 saturated carbocycles. The molecule has 1 aromatic carbocycles. The van der Waals surface area contributed by atoms with Crippen LogP contribution in [0.5, 0.6) is 5.75 Å². The molecular formula is C12H10F3N3O2. The Kier molecular flexibility index (Phi) is 3.64. The molecule has 0 bridgehead atoms. The number of hydrogen-bond acceptors (Lipinski definition) is 3. The van der Waals surface area contributed by atoms with Crippen LogP contribution in [0.4, 0.5) is 18.9 Å². The number of benzene rings is 1. The molecule has 5 nitrogen and oxygen atoms in total. The van der Waals surface area contributed by atoms with Gasteiger partial charge in [-0.2, -0.15) is 18.3 Å². The first-order chi connectivity index (χ1) is 9.41. The van der Waals surface area contributed by atoms with E-state index in [0.29, 0.717) is 0 Å². The van der Waals surface area contributed by atoms with Gasteiger partial charge in [0, 0.05) is 6.20 Å². The van der Waals surface area contributed by atoms with Crippen molar-refractivity contribution in [3.63, 3.8) is 0 Å². The summed E-state index contributed by atoms with van der Waals surface area (Å²) in [5.41, 5.74) is -0.893. The van der Waals surface area contributed by atoms with Crippen LogP contribution in [0.2, 0.25) is 0 Å². The summed E-state index contributed by atoms with van der Waals surface area (Å²) in [7, 11) is 1.30. The number of rotatable bonds is 3. The maximum atomic E-state index is 12.6. The number of halogens is 3. The Labute approximate surface area is 111 Å². The molecule has 1 aromatic heterocycles. The number of carbonyl (C=O) groups is 1. The van der Waals surface area contributed by atoms with E-state index in [0.717, 1.165) is 18.2 Å². The fourth-order valence-corrected chi connectivity index (χ4v) is 1.56. The standard InChI is InChI=1S/C12H10F3N3O2/c1-20-10-3-2-7(12(13,14)15)6-9(10)17-11(19)8-4-5-16-18-8/h2-6H,1H3,(H,16,18)(H,17,19). The molecule has 0 unspecified atom stereocenters. The maximum absolute atomic E-state index is 12.6. The van der Waals surface area contributed by atoms with Crippen molar-refractivity contribution in [1.82, 2.24) is 10.2 Å². The highest BCUT2D eigenvalue weighted by Crippen LogP contribution is 2.35. The van der Waals surface area contributed by atoms with Gasteiger partial charge in [-0.05, 0) is 24.3 Å². The fourth-order valence-electron chi connectivity index (χ4n) is 1.56. The molecule has 106 valence electrons. The van der Waals surface area contributed by atoms with E-state index in [2.05, 4.69) is 15.5 Å². The number of H-pyrrole nitrogens is 1. The van der Waals surface area contributed by atoms with Crippen molar-refractivity contribution in [2.75, 3.05) is 12.4 Å². The Morgan fingerprint density at radius 3 is 2.65 bits per heavy atom. The van der Waals surface area contributed by atoms with Gasteiger partial charge in [0.15, 0.2) is 0 Å². The zero-order chi connectivity index (χ0) is 14.8. The van der Waals surface area contributed by atoms with Crippen LogP contribution in [0.3, 0.4) is 0 Å². The summed E-state index contributed by atoms with van der Waals surface area (Å²) in [6, 6.07) is 4.23. The topological polar surface area (TPSA) is 67.0 Å². The Morgan fingerprint density at radius 1 is 1.35 bits per heavy atom. The van der Waals surface area contributed by atoms with Crippen LogP contribution in [-0.4, -0.2) is 23.2 Å². The molecule has 0 saturated heterocycles. The Bertz CT molecular complexity index is 609. The predicted octanol–water partition coefficient (Wildman–Crippen LogP) is 2.69. The number of carbonyl (C=O) groups excluding carboxylic acids is 1. The summed E-state index contributed by atoms with van der Waals surface area (Å²) in [6.45, 7) is 0. The lowest BCUT2D eigenvalue weighted by Gasteiger charge is -2.13. The zero-order valence-electron chi connectivity index (χ0n) is 10.3. The van der Waals surface area contributed by atoms with Crippen LogP contribution in [-0.2, 0) is 6.18 Å². The van der Waals surface area contributed by atoms with E-state index in [1.165, 1.54) is 19.4 Å². The third-order valence-corrected chi connectivity index (χ3v) is 2.51. The van der Waals surface area contributed by atoms with Gasteiger partial charge < -0.3 is 10.1 Å². The van der Waals surface area contributed by atoms with Gasteiger partial charge in [-0.25, -0.2) is 0 Å². The van der Waals surface area contributed by atoms with Gasteiger partial charge in [0.2, 0.25) is 0 Å². The fraction of sp³-hybridized carbons (Fsp3) is 0.167. The van der Waals surface area contributed by atoms with Gasteiger partial charge in [-0.15, -0.1) is 0 Å². The Balaban J connectivity index is 2.32. The Morgan fingerprint density at radius 2 is 2.10 bits per heavy atom. The molecule has 0 spiro atoms. The van der Waals surface area contributed by atoms with Crippen LogP contribution in [0.25, 0.3) is 0 Å². The van der Waals surface area contributed by atoms with E-state index in [-0.39, 0.29) is 17.1 Å². The van der Waals surface area contributed by atoms with Gasteiger partial charge in [0.1, 0.15) is 11.4 Å². The van der Waals surface area contributed by atoms with Gasteiger partial charge in [0.05, 0.1) is 18.4 Å². The monoisotopic (exact) mass is 285 g/mol. The number of aromatic amines is 1. The third-order valence-electron chi connectivity index (χ3n) is 2.51. The van der Waals surface area contributed by atoms with E-state index in [1.54, 1.807) is 0 Å². The first-order valence-electron chi connectivity index (χ1n) is 5.48. The largest absolute Gasteiger partial charge is 0.495 e. The smallest absolute Gasteiger partial charge is 0.416 e. The second kappa shape index (κ2) is 5.24. The lowest BCUT2D eigenvalue weighted by molar-refractivity contribution is -0.137. The average molecular weight is 285 g/mol. The predicted molar refractivity (Wildman–Crippen MR) is 64.5 cm³/mol. The van der Waals surface area contributed by atoms with Crippen LogP contribution < -0.4 is 10.1 Å². The van der Waals surface area contributed by atoms with Crippen molar-refractivity contribution in [2.45, 2.75) is 6.18 Å². The van der Waals surface area contributed by atoms with Crippen molar-refractivity contribution < 1.29 is 22.7 Å². The van der Waals surface area contributed by atoms with E-state index in [4.69, 9.17) is 4.74 Å². The summed E-state index contributed by atoms with van der Waals surface area (Å²) in [5, 5.41) is 8.41. The quantitative estimate of drug-likeness (QED) is 0.911. The molecule has 2 aromatic rings. The van der Waals surface area contributed by atoms with Crippen molar-refractivity contribution in [2.24, 2.45) is 0 Å². The molecule has 0 fully saturated rings. The molecule has 2 rings (SSSR count). The number of amides is 1. The van der Waals surface area contributed by atoms with Crippen LogP contribution >= 0.6 is 0 Å². The summed E-state index contributed by atoms with van der Waals surface area (Å²) >= 11 is 0. The highest BCUT2D eigenvalue weighted by Gasteiger charge is 2.31. The molecule has 0 atom stereocenters. The van der Waals surface area contributed by atoms with E-state index in [1.807, 2.05) is 0 Å². The SMILES string of the molecule is COc1ccc(C(F)(F)F)cc1NC(=O)c1cc[nH]n1. The second-order valence-electron chi connectivity index (χ2n) is 3.83. The number of alkyl halides is 3. The highest BCUT2D eigenvalue weighted by molar-refractivity contribution is 6.03. The lowest BCUT2D eigenvalue weighted by Crippen LogP contribution is -2.14. The van der Waals surface area contributed by atoms with Crippen molar-refractivity contribution in [3.05, 3.63) is 41.7 Å². The van der Waals surface area contributed by atoms with Crippen LogP contribution in [0.15, 0.2) is 30.5 Å². The molecular weight excluding hydrogens is 275 g/mol. The maximum Gasteiger partial charge on any atom is 0.416 e. The first kappa shape index (κ1) is 13.9. The number of nitrogens with zero attached hydrogens (tertiary/aromatic N) is 1. The molecule has 0 aliphatic heterocycles. The highest BCUT2D eigenvalue weighted by atomic mass is 19.4. The minimum Gasteiger partial charge on any atom is -0.495 e. The summed E-state index contributed by atoms with van der Waals surface area (Å²) in [6.07, 6.45) is -3.07. The molecule has 1 heterocycles. The molecule has 0 radical (unpaired) electrons. The van der Waals surface area contributed by atoms with Crippen molar-refractivity contribution in [1.29, 1.82) is 0 Å². The summed E-state index contributed by atoms with van der Waals surface area (Å²) in [4.78, 5) is 11.8. The molecule has 0 aliphatic carbocycles. The van der Waals surface area contributed by atoms with Gasteiger partial charge in [0.25, 0.3) is 5.91 Å². The van der Waals surface area contributed by atoms with Gasteiger partial charge in [-0.3, -0.25) is 9.89 Å². The average Bonchev–Trinajstić information content (AvgIpc) is 2.91. The molecule has 1 amide bonds. The molecule has 2 N–H and O–H groups in total. The second-order valence-corrected chi connectivity index (χ2v) is 3.83. The number of hydrogen-bond donors (Lipinski definition) is 2. The van der Waals surface area contributed by atoms with Gasteiger partial charge >= 0.3 is 6.18 Å². The van der Waals surface area contributed by atoms with Crippen molar-refractivity contribution >= 4 is 11.6 Å². The first-order valence-corrected chi connectivity index (χ1v) is 5.48. The number of methoxy groups -OCH3 is 1. The normalized spacial score (nSPS) is 11.2. The summed E-state index contributed by atoms with van der Waals surface area (Å²) < 4.78 is 42.9. The zero-order valence-corrected chi connectivity index (χ0v) is 10.3. The lowest BCUT2D eigenvalue weighted by atomic mass is 10.1. The number of anilines is 1. The van der Waals surface area contributed by atoms with Crippen LogP contribution in [0.1, 0.15) is 16.1 Å². The molecule has 0 aliphatic rings. The summed E-state index contributed by atoms with van der Waals surface area (Å²) in [5.74, 6) is -0.509. The Hall–Kier alpha value is -2.51. The minimum absolute atomic E-state index is 0.0597. The minimum atomic E-state index is -4.50. The molecule has 20 heavy (non-hydrogen) atoms. The van der Waals surface area contributed by atoms with Crippen LogP contribution in [0, 0.1) is 0 Å². The third kappa shape index (κ3) is 2.90.